The summed E-state index contributed by atoms with van der Waals surface area (Å²) < 4.78 is 18.6. The van der Waals surface area contributed by atoms with Crippen LogP contribution in [-0.2, 0) is 14.9 Å². The van der Waals surface area contributed by atoms with Crippen molar-refractivity contribution >= 4 is 25.5 Å². The van der Waals surface area contributed by atoms with Crippen molar-refractivity contribution in [3.63, 3.8) is 0 Å². The Morgan fingerprint density at radius 3 is 2.11 bits per heavy atom. The van der Waals surface area contributed by atoms with Crippen molar-refractivity contribution in [2.45, 2.75) is 118 Å². The fourth-order valence-corrected chi connectivity index (χ4v) is 7.08. The van der Waals surface area contributed by atoms with Gasteiger partial charge in [0.25, 0.3) is 0 Å². The summed E-state index contributed by atoms with van der Waals surface area (Å²) in [5, 5.41) is 0. The lowest BCUT2D eigenvalue weighted by molar-refractivity contribution is -0.152. The third kappa shape index (κ3) is 6.60. The van der Waals surface area contributed by atoms with E-state index in [-0.39, 0.29) is 22.7 Å². The van der Waals surface area contributed by atoms with Gasteiger partial charge in [-0.05, 0) is 92.6 Å². The van der Waals surface area contributed by atoms with Gasteiger partial charge in [-0.2, -0.15) is 0 Å². The molecule has 3 atom stereocenters. The van der Waals surface area contributed by atoms with Gasteiger partial charge < -0.3 is 13.6 Å². The lowest BCUT2D eigenvalue weighted by atomic mass is 9.45. The molecule has 3 aliphatic rings. The van der Waals surface area contributed by atoms with Gasteiger partial charge >= 0.3 is 25.5 Å². The number of carbonyl (C=O) groups excluding carboxylic acids is 1. The zero-order valence-corrected chi connectivity index (χ0v) is 27.5. The molecule has 38 heavy (non-hydrogen) atoms. The summed E-state index contributed by atoms with van der Waals surface area (Å²) >= 11 is 0. The summed E-state index contributed by atoms with van der Waals surface area (Å²) in [6, 6.07) is 4.59. The quantitative estimate of drug-likeness (QED) is 0.106. The zero-order chi connectivity index (χ0) is 28.3. The van der Waals surface area contributed by atoms with Gasteiger partial charge in [0.1, 0.15) is 18.1 Å². The topological polar surface area (TPSA) is 44.8 Å². The molecule has 0 aromatic heterocycles. The summed E-state index contributed by atoms with van der Waals surface area (Å²) in [4.78, 5) is 12.6. The number of unbranched alkanes of at least 4 members (excludes halogenated alkanes) is 3. The molecule has 6 heteroatoms. The Balaban J connectivity index is 2.03. The minimum Gasteiger partial charge on any atom is -0.541 e. The molecule has 0 amide bonds. The van der Waals surface area contributed by atoms with E-state index in [0.717, 1.165) is 24.3 Å². The first kappa shape index (κ1) is 31.0. The first-order valence-electron chi connectivity index (χ1n) is 14.5. The van der Waals surface area contributed by atoms with Crippen LogP contribution >= 0.6 is 0 Å². The van der Waals surface area contributed by atoms with Gasteiger partial charge in [-0.15, -0.1) is 0 Å². The number of allylic oxidation sites excluding steroid dienone is 1. The standard InChI is InChI=1S/C32H50O4Si2/c1-11-12-13-14-15-31(5,6)22-17-26(35-37-9)28(27(18-22)36-38-10)23-16-21(20-34-29(33)30(2,3)4)24-19-25(23)32(24,7)8/h16-18,23-25H,11-15,19-20H2,1-10H3/t23-,24?,25?/m0/s1. The van der Waals surface area contributed by atoms with E-state index in [2.05, 4.69) is 65.9 Å². The molecule has 3 aliphatic carbocycles. The molecule has 1 aromatic carbocycles. The van der Waals surface area contributed by atoms with E-state index < -0.39 is 5.41 Å². The number of ether oxygens (including phenoxy) is 1. The number of esters is 1. The number of hydrogen-bond acceptors (Lipinski definition) is 4. The van der Waals surface area contributed by atoms with Crippen molar-refractivity contribution in [3.8, 4) is 11.5 Å². The van der Waals surface area contributed by atoms with Crippen LogP contribution in [0, 0.1) is 22.7 Å². The minimum absolute atomic E-state index is 0.0474. The lowest BCUT2D eigenvalue weighted by Crippen LogP contribution is -2.52. The molecule has 0 heterocycles. The third-order valence-electron chi connectivity index (χ3n) is 8.90. The molecule has 4 nitrogen and oxygen atoms in total. The first-order chi connectivity index (χ1) is 17.8. The highest BCUT2D eigenvalue weighted by atomic mass is 28.2. The van der Waals surface area contributed by atoms with Crippen LogP contribution < -0.4 is 8.85 Å². The van der Waals surface area contributed by atoms with E-state index in [4.69, 9.17) is 13.6 Å². The third-order valence-corrected chi connectivity index (χ3v) is 9.75. The van der Waals surface area contributed by atoms with Crippen LogP contribution in [-0.4, -0.2) is 32.1 Å². The minimum atomic E-state index is -0.502. The van der Waals surface area contributed by atoms with Gasteiger partial charge in [-0.3, -0.25) is 4.79 Å². The molecule has 1 aromatic rings. The molecule has 2 bridgehead atoms. The molecule has 0 saturated heterocycles. The van der Waals surface area contributed by atoms with Crippen molar-refractivity contribution < 1.29 is 18.4 Å². The van der Waals surface area contributed by atoms with Crippen LogP contribution in [0.1, 0.15) is 111 Å². The summed E-state index contributed by atoms with van der Waals surface area (Å²) in [5.41, 5.74) is 3.40. The highest BCUT2D eigenvalue weighted by Crippen LogP contribution is 2.65. The predicted molar refractivity (Wildman–Crippen MR) is 159 cm³/mol. The van der Waals surface area contributed by atoms with Crippen molar-refractivity contribution in [2.24, 2.45) is 22.7 Å². The molecule has 4 radical (unpaired) electrons. The highest BCUT2D eigenvalue weighted by Gasteiger charge is 2.56. The Hall–Kier alpha value is -1.54. The van der Waals surface area contributed by atoms with Crippen molar-refractivity contribution in [1.82, 2.24) is 0 Å². The molecule has 0 aliphatic heterocycles. The van der Waals surface area contributed by atoms with Crippen LogP contribution in [0.4, 0.5) is 0 Å². The number of hydrogen-bond donors (Lipinski definition) is 0. The SMILES string of the molecule is CCCCCCC(C)(C)c1cc(O[Si]C)c([C@H]2C=C(COC(=O)C(C)(C)C)C3CC2C3(C)C)c(O[Si]C)c1. The second-order valence-corrected chi connectivity index (χ2v) is 14.7. The predicted octanol–water partition coefficient (Wildman–Crippen LogP) is 8.30. The number of fused-ring (bicyclic) bond motifs is 1. The van der Waals surface area contributed by atoms with Crippen molar-refractivity contribution in [2.75, 3.05) is 6.61 Å². The lowest BCUT2D eigenvalue weighted by Gasteiger charge is -2.59. The van der Waals surface area contributed by atoms with Crippen LogP contribution in [0.2, 0.25) is 13.1 Å². The van der Waals surface area contributed by atoms with E-state index in [1.165, 1.54) is 42.4 Å². The van der Waals surface area contributed by atoms with Crippen molar-refractivity contribution in [1.29, 1.82) is 0 Å². The Kier molecular flexibility index (Phi) is 10.1. The van der Waals surface area contributed by atoms with E-state index in [1.807, 2.05) is 20.8 Å². The Morgan fingerprint density at radius 1 is 1.00 bits per heavy atom. The van der Waals surface area contributed by atoms with Crippen LogP contribution in [0.3, 0.4) is 0 Å². The van der Waals surface area contributed by atoms with Gasteiger partial charge in [-0.25, -0.2) is 0 Å². The maximum atomic E-state index is 12.6. The summed E-state index contributed by atoms with van der Waals surface area (Å²) in [5.74, 6) is 2.92. The largest absolute Gasteiger partial charge is 0.541 e. The number of carbonyl (C=O) groups is 1. The average molecular weight is 555 g/mol. The summed E-state index contributed by atoms with van der Waals surface area (Å²) in [6.45, 7) is 22.0. The maximum absolute atomic E-state index is 12.6. The molecule has 210 valence electrons. The molecule has 0 N–H and O–H groups in total. The highest BCUT2D eigenvalue weighted by molar-refractivity contribution is 6.26. The molecule has 1 saturated carbocycles. The molecule has 2 unspecified atom stereocenters. The maximum Gasteiger partial charge on any atom is 0.311 e. The number of benzene rings is 1. The van der Waals surface area contributed by atoms with Crippen LogP contribution in [0.5, 0.6) is 11.5 Å². The van der Waals surface area contributed by atoms with E-state index in [9.17, 15) is 4.79 Å². The summed E-state index contributed by atoms with van der Waals surface area (Å²) in [7, 11) is 0.713. The van der Waals surface area contributed by atoms with Gasteiger partial charge in [0.2, 0.25) is 0 Å². The molecule has 4 rings (SSSR count). The molecule has 1 fully saturated rings. The van der Waals surface area contributed by atoms with Crippen molar-refractivity contribution in [3.05, 3.63) is 34.9 Å². The molecular weight excluding hydrogens is 505 g/mol. The Labute approximate surface area is 237 Å². The average Bonchev–Trinajstić information content (AvgIpc) is 2.84. The molecule has 0 spiro atoms. The van der Waals surface area contributed by atoms with E-state index >= 15 is 0 Å². The second kappa shape index (κ2) is 12.3. The van der Waals surface area contributed by atoms with Gasteiger partial charge in [-0.1, -0.05) is 66.4 Å². The number of rotatable bonds is 13. The fourth-order valence-electron chi connectivity index (χ4n) is 6.31. The smallest absolute Gasteiger partial charge is 0.311 e. The Morgan fingerprint density at radius 2 is 1.61 bits per heavy atom. The summed E-state index contributed by atoms with van der Waals surface area (Å²) in [6.07, 6.45) is 9.71. The van der Waals surface area contributed by atoms with Crippen LogP contribution in [0.15, 0.2) is 23.8 Å². The van der Waals surface area contributed by atoms with E-state index in [0.29, 0.717) is 38.0 Å². The molecular formula is C32H50O4Si2. The zero-order valence-electron chi connectivity index (χ0n) is 25.5. The van der Waals surface area contributed by atoms with Gasteiger partial charge in [0.05, 0.1) is 5.41 Å². The first-order valence-corrected chi connectivity index (χ1v) is 17.3. The fraction of sp³-hybridized carbons (Fsp3) is 0.719. The monoisotopic (exact) mass is 554 g/mol. The van der Waals surface area contributed by atoms with Crippen LogP contribution in [0.25, 0.3) is 0 Å². The van der Waals surface area contributed by atoms with Gasteiger partial charge in [0, 0.05) is 11.5 Å². The van der Waals surface area contributed by atoms with E-state index in [1.54, 1.807) is 0 Å². The Bertz CT molecular complexity index is 978. The normalized spacial score (nSPS) is 22.4. The second-order valence-electron chi connectivity index (χ2n) is 13.5. The van der Waals surface area contributed by atoms with Gasteiger partial charge in [0.15, 0.2) is 0 Å².